The summed E-state index contributed by atoms with van der Waals surface area (Å²) in [6.45, 7) is 7.14. The first-order chi connectivity index (χ1) is 13.8. The number of piperidine rings is 1. The third kappa shape index (κ3) is 3.49. The van der Waals surface area contributed by atoms with Crippen molar-refractivity contribution in [1.29, 1.82) is 0 Å². The summed E-state index contributed by atoms with van der Waals surface area (Å²) in [5, 5.41) is 18.2. The number of aryl methyl sites for hydroxylation is 2. The molecule has 4 heterocycles. The topological polar surface area (TPSA) is 114 Å². The number of anilines is 1. The highest BCUT2D eigenvalue weighted by molar-refractivity contribution is 5.96. The zero-order chi connectivity index (χ0) is 20.6. The molecular weight excluding hydrogens is 374 g/mol. The van der Waals surface area contributed by atoms with Crippen LogP contribution in [0.3, 0.4) is 0 Å². The second kappa shape index (κ2) is 7.38. The van der Waals surface area contributed by atoms with Crippen molar-refractivity contribution in [2.75, 3.05) is 24.6 Å². The molecule has 2 aromatic heterocycles. The molecule has 2 aliphatic rings. The molecule has 2 fully saturated rings. The predicted octanol–water partition coefficient (Wildman–Crippen LogP) is 1.39. The van der Waals surface area contributed by atoms with E-state index in [2.05, 4.69) is 25.3 Å². The van der Waals surface area contributed by atoms with Crippen molar-refractivity contribution < 1.29 is 19.2 Å². The van der Waals surface area contributed by atoms with E-state index in [0.717, 1.165) is 0 Å². The van der Waals surface area contributed by atoms with Crippen LogP contribution in [0.4, 0.5) is 5.95 Å². The van der Waals surface area contributed by atoms with E-state index in [0.29, 0.717) is 61.9 Å². The number of nitrogens with one attached hydrogen (secondary N) is 1. The van der Waals surface area contributed by atoms with Crippen LogP contribution in [0.5, 0.6) is 0 Å². The van der Waals surface area contributed by atoms with Crippen molar-refractivity contribution in [2.24, 2.45) is 0 Å². The molecule has 0 aliphatic carbocycles. The summed E-state index contributed by atoms with van der Waals surface area (Å²) < 4.78 is 11.2. The molecule has 2 atom stereocenters. The van der Waals surface area contributed by atoms with Crippen LogP contribution in [-0.4, -0.2) is 63.1 Å². The average molecular weight is 401 g/mol. The highest BCUT2D eigenvalue weighted by Crippen LogP contribution is 2.40. The van der Waals surface area contributed by atoms with E-state index in [1.807, 2.05) is 6.92 Å². The van der Waals surface area contributed by atoms with Crippen molar-refractivity contribution in [1.82, 2.24) is 20.4 Å². The Bertz CT molecular complexity index is 859. The third-order valence-corrected chi connectivity index (χ3v) is 6.22. The Hall–Kier alpha value is -2.52. The van der Waals surface area contributed by atoms with Crippen LogP contribution in [0.15, 0.2) is 23.0 Å². The summed E-state index contributed by atoms with van der Waals surface area (Å²) in [7, 11) is 0. The van der Waals surface area contributed by atoms with Gasteiger partial charge in [-0.05, 0) is 46.1 Å². The fourth-order valence-corrected chi connectivity index (χ4v) is 4.48. The lowest BCUT2D eigenvalue weighted by Gasteiger charge is -2.53. The van der Waals surface area contributed by atoms with Crippen molar-refractivity contribution in [2.45, 2.75) is 57.3 Å². The minimum absolute atomic E-state index is 0.282. The number of aliphatic hydroxyl groups excluding tert-OH is 1. The summed E-state index contributed by atoms with van der Waals surface area (Å²) in [6.07, 6.45) is 4.38. The first-order valence-corrected chi connectivity index (χ1v) is 9.94. The summed E-state index contributed by atoms with van der Waals surface area (Å²) in [5.41, 5.74) is -0.549. The van der Waals surface area contributed by atoms with Gasteiger partial charge in [-0.3, -0.25) is 4.79 Å². The number of carbonyl (C=O) groups excluding carboxylic acids is 1. The molecule has 2 aromatic rings. The predicted molar refractivity (Wildman–Crippen MR) is 105 cm³/mol. The van der Waals surface area contributed by atoms with E-state index in [9.17, 15) is 9.90 Å². The summed E-state index contributed by atoms with van der Waals surface area (Å²) in [4.78, 5) is 23.6. The van der Waals surface area contributed by atoms with Crippen LogP contribution in [0, 0.1) is 13.8 Å². The van der Waals surface area contributed by atoms with Crippen molar-refractivity contribution in [3.8, 4) is 0 Å². The van der Waals surface area contributed by atoms with Crippen LogP contribution >= 0.6 is 0 Å². The Labute approximate surface area is 169 Å². The van der Waals surface area contributed by atoms with E-state index in [1.165, 1.54) is 0 Å². The molecule has 2 N–H and O–H groups in total. The molecule has 9 nitrogen and oxygen atoms in total. The van der Waals surface area contributed by atoms with Gasteiger partial charge in [0.25, 0.3) is 5.91 Å². The van der Waals surface area contributed by atoms with Gasteiger partial charge in [-0.15, -0.1) is 0 Å². The van der Waals surface area contributed by atoms with Gasteiger partial charge in [-0.1, -0.05) is 5.16 Å². The van der Waals surface area contributed by atoms with E-state index in [4.69, 9.17) is 9.26 Å². The van der Waals surface area contributed by atoms with E-state index in [-0.39, 0.29) is 5.91 Å². The van der Waals surface area contributed by atoms with E-state index in [1.54, 1.807) is 32.3 Å². The smallest absolute Gasteiger partial charge is 0.257 e. The lowest BCUT2D eigenvalue weighted by molar-refractivity contribution is -0.195. The standard InChI is InChI=1S/C20H27N5O4/c1-13-15(14(2)29-24-13)16(26)23-19(3)7-12-28-20(17(19)27)5-10-25(11-6-20)18-21-8-4-9-22-18/h4,8-9,17,27H,5-7,10-12H2,1-3H3,(H,23,26)/t17-,19+/m1/s1. The molecular formula is C20H27N5O4. The molecule has 1 amide bonds. The SMILES string of the molecule is Cc1noc(C)c1C(=O)N[C@@]1(C)CCOC2(CCN(c3ncccn3)CC2)[C@@H]1O. The maximum absolute atomic E-state index is 12.9. The molecule has 9 heteroatoms. The number of hydrogen-bond donors (Lipinski definition) is 2. The Morgan fingerprint density at radius 2 is 1.93 bits per heavy atom. The number of nitrogens with zero attached hydrogens (tertiary/aromatic N) is 4. The van der Waals surface area contributed by atoms with Crippen LogP contribution in [0.1, 0.15) is 48.0 Å². The van der Waals surface area contributed by atoms with Crippen LogP contribution in [-0.2, 0) is 4.74 Å². The summed E-state index contributed by atoms with van der Waals surface area (Å²) in [5.74, 6) is 0.869. The molecule has 2 aliphatic heterocycles. The number of aromatic nitrogens is 3. The van der Waals surface area contributed by atoms with Gasteiger partial charge in [0.1, 0.15) is 17.4 Å². The average Bonchev–Trinajstić information content (AvgIpc) is 3.06. The van der Waals surface area contributed by atoms with Gasteiger partial charge in [-0.2, -0.15) is 0 Å². The second-order valence-corrected chi connectivity index (χ2v) is 8.17. The Morgan fingerprint density at radius 1 is 1.24 bits per heavy atom. The monoisotopic (exact) mass is 401 g/mol. The molecule has 0 unspecified atom stereocenters. The summed E-state index contributed by atoms with van der Waals surface area (Å²) in [6, 6.07) is 1.79. The molecule has 0 aromatic carbocycles. The van der Waals surface area contributed by atoms with Crippen LogP contribution in [0.25, 0.3) is 0 Å². The Kier molecular flexibility index (Phi) is 5.04. The largest absolute Gasteiger partial charge is 0.388 e. The van der Waals surface area contributed by atoms with Crippen molar-refractivity contribution in [3.05, 3.63) is 35.5 Å². The van der Waals surface area contributed by atoms with Gasteiger partial charge in [-0.25, -0.2) is 9.97 Å². The van der Waals surface area contributed by atoms with Gasteiger partial charge in [0, 0.05) is 32.1 Å². The quantitative estimate of drug-likeness (QED) is 0.793. The van der Waals surface area contributed by atoms with Gasteiger partial charge >= 0.3 is 0 Å². The van der Waals surface area contributed by atoms with E-state index >= 15 is 0 Å². The zero-order valence-corrected chi connectivity index (χ0v) is 17.0. The van der Waals surface area contributed by atoms with Gasteiger partial charge in [0.05, 0.1) is 16.8 Å². The number of ether oxygens (including phenoxy) is 1. The third-order valence-electron chi connectivity index (χ3n) is 6.22. The summed E-state index contributed by atoms with van der Waals surface area (Å²) >= 11 is 0. The lowest BCUT2D eigenvalue weighted by atomic mass is 9.73. The molecule has 4 rings (SSSR count). The number of rotatable bonds is 3. The number of carbonyl (C=O) groups is 1. The highest BCUT2D eigenvalue weighted by Gasteiger charge is 2.54. The maximum atomic E-state index is 12.9. The number of amides is 1. The second-order valence-electron chi connectivity index (χ2n) is 8.17. The lowest BCUT2D eigenvalue weighted by Crippen LogP contribution is -2.69. The molecule has 0 bridgehead atoms. The molecule has 1 spiro atoms. The Balaban J connectivity index is 1.49. The molecule has 0 saturated carbocycles. The normalized spacial score (nSPS) is 26.5. The first-order valence-electron chi connectivity index (χ1n) is 9.94. The minimum atomic E-state index is -0.841. The fourth-order valence-electron chi connectivity index (χ4n) is 4.48. The first kappa shape index (κ1) is 19.8. The van der Waals surface area contributed by atoms with Crippen molar-refractivity contribution in [3.63, 3.8) is 0 Å². The maximum Gasteiger partial charge on any atom is 0.257 e. The minimum Gasteiger partial charge on any atom is -0.388 e. The van der Waals surface area contributed by atoms with Crippen molar-refractivity contribution >= 4 is 11.9 Å². The molecule has 29 heavy (non-hydrogen) atoms. The van der Waals surface area contributed by atoms with Crippen LogP contribution in [0.2, 0.25) is 0 Å². The fraction of sp³-hybridized carbons (Fsp3) is 0.600. The van der Waals surface area contributed by atoms with Gasteiger partial charge in [0.2, 0.25) is 5.95 Å². The highest BCUT2D eigenvalue weighted by atomic mass is 16.5. The van der Waals surface area contributed by atoms with Crippen LogP contribution < -0.4 is 10.2 Å². The number of aliphatic hydroxyl groups is 1. The molecule has 156 valence electrons. The molecule has 2 saturated heterocycles. The molecule has 0 radical (unpaired) electrons. The Morgan fingerprint density at radius 3 is 2.55 bits per heavy atom. The number of hydrogen-bond acceptors (Lipinski definition) is 8. The van der Waals surface area contributed by atoms with Gasteiger partial charge < -0.3 is 24.6 Å². The van der Waals surface area contributed by atoms with Gasteiger partial charge in [0.15, 0.2) is 0 Å². The zero-order valence-electron chi connectivity index (χ0n) is 17.0. The van der Waals surface area contributed by atoms with E-state index < -0.39 is 17.2 Å².